The van der Waals surface area contributed by atoms with E-state index in [9.17, 15) is 9.90 Å². The highest BCUT2D eigenvalue weighted by Crippen LogP contribution is 2.19. The summed E-state index contributed by atoms with van der Waals surface area (Å²) < 4.78 is 0.829. The number of rotatable bonds is 5. The lowest BCUT2D eigenvalue weighted by Gasteiger charge is -2.25. The van der Waals surface area contributed by atoms with Gasteiger partial charge in [-0.2, -0.15) is 0 Å². The fraction of sp³-hybridized carbons (Fsp3) is 0.462. The van der Waals surface area contributed by atoms with Crippen LogP contribution in [0.3, 0.4) is 0 Å². The zero-order valence-corrected chi connectivity index (χ0v) is 12.3. The minimum atomic E-state index is -0.847. The number of nitrogens with two attached hydrogens (primary N) is 1. The van der Waals surface area contributed by atoms with Crippen LogP contribution in [0.5, 0.6) is 0 Å². The van der Waals surface area contributed by atoms with Crippen LogP contribution in [-0.2, 0) is 0 Å². The predicted octanol–water partition coefficient (Wildman–Crippen LogP) is 2.31. The molecule has 18 heavy (non-hydrogen) atoms. The zero-order valence-electron chi connectivity index (χ0n) is 10.7. The number of carbonyl (C=O) groups excluding carboxylic acids is 1. The minimum Gasteiger partial charge on any atom is -0.398 e. The molecule has 1 amide bonds. The summed E-state index contributed by atoms with van der Waals surface area (Å²) in [4.78, 5) is 11.9. The third kappa shape index (κ3) is 3.71. The van der Waals surface area contributed by atoms with Crippen molar-refractivity contribution >= 4 is 27.5 Å². The first-order valence-electron chi connectivity index (χ1n) is 5.97. The molecule has 0 fully saturated rings. The van der Waals surface area contributed by atoms with Crippen LogP contribution in [0, 0.1) is 0 Å². The number of nitrogens with one attached hydrogen (secondary N) is 1. The summed E-state index contributed by atoms with van der Waals surface area (Å²) in [6.07, 6.45) is 1.19. The maximum Gasteiger partial charge on any atom is 0.253 e. The SMILES string of the molecule is CCC(O)(CC)CNC(=O)c1ccc(Br)cc1N. The highest BCUT2D eigenvalue weighted by molar-refractivity contribution is 9.10. The topological polar surface area (TPSA) is 75.3 Å². The number of amides is 1. The van der Waals surface area contributed by atoms with E-state index in [-0.39, 0.29) is 12.5 Å². The van der Waals surface area contributed by atoms with Gasteiger partial charge in [-0.05, 0) is 31.0 Å². The van der Waals surface area contributed by atoms with Gasteiger partial charge < -0.3 is 16.2 Å². The number of aliphatic hydroxyl groups is 1. The number of benzene rings is 1. The van der Waals surface area contributed by atoms with Crippen LogP contribution < -0.4 is 11.1 Å². The van der Waals surface area contributed by atoms with Crippen LogP contribution in [0.2, 0.25) is 0 Å². The highest BCUT2D eigenvalue weighted by Gasteiger charge is 2.23. The van der Waals surface area contributed by atoms with E-state index in [1.165, 1.54) is 0 Å². The Morgan fingerprint density at radius 1 is 1.44 bits per heavy atom. The summed E-state index contributed by atoms with van der Waals surface area (Å²) in [5, 5.41) is 12.8. The molecule has 5 heteroatoms. The van der Waals surface area contributed by atoms with Crippen LogP contribution in [0.25, 0.3) is 0 Å². The van der Waals surface area contributed by atoms with Gasteiger partial charge in [-0.1, -0.05) is 29.8 Å². The Hall–Kier alpha value is -1.07. The molecule has 0 aliphatic rings. The first kappa shape index (κ1) is 15.0. The average Bonchev–Trinajstić information content (AvgIpc) is 2.35. The number of anilines is 1. The number of nitrogen functional groups attached to an aromatic ring is 1. The molecule has 0 spiro atoms. The first-order valence-corrected chi connectivity index (χ1v) is 6.76. The second kappa shape index (κ2) is 6.20. The van der Waals surface area contributed by atoms with Crippen LogP contribution in [-0.4, -0.2) is 23.2 Å². The summed E-state index contributed by atoms with van der Waals surface area (Å²) in [6.45, 7) is 4.02. The van der Waals surface area contributed by atoms with E-state index < -0.39 is 5.60 Å². The molecule has 0 radical (unpaired) electrons. The van der Waals surface area contributed by atoms with Gasteiger partial charge in [-0.25, -0.2) is 0 Å². The molecule has 4 nitrogen and oxygen atoms in total. The molecule has 4 N–H and O–H groups in total. The smallest absolute Gasteiger partial charge is 0.253 e. The maximum absolute atomic E-state index is 11.9. The molecule has 1 rings (SSSR count). The second-order valence-corrected chi connectivity index (χ2v) is 5.26. The second-order valence-electron chi connectivity index (χ2n) is 4.35. The molecule has 0 saturated carbocycles. The third-order valence-electron chi connectivity index (χ3n) is 3.15. The summed E-state index contributed by atoms with van der Waals surface area (Å²) in [5.74, 6) is -0.264. The molecule has 1 aromatic rings. The summed E-state index contributed by atoms with van der Waals surface area (Å²) in [5.41, 5.74) is 5.76. The lowest BCUT2D eigenvalue weighted by Crippen LogP contribution is -2.42. The van der Waals surface area contributed by atoms with Crippen LogP contribution in [0.4, 0.5) is 5.69 Å². The van der Waals surface area contributed by atoms with Gasteiger partial charge in [0.05, 0.1) is 11.2 Å². The Labute approximate surface area is 116 Å². The molecular formula is C13H19BrN2O2. The number of carbonyl (C=O) groups is 1. The van der Waals surface area contributed by atoms with Crippen molar-refractivity contribution in [1.29, 1.82) is 0 Å². The van der Waals surface area contributed by atoms with Gasteiger partial charge in [-0.3, -0.25) is 4.79 Å². The Kier molecular flexibility index (Phi) is 5.16. The van der Waals surface area contributed by atoms with Gasteiger partial charge in [0.25, 0.3) is 5.91 Å². The van der Waals surface area contributed by atoms with E-state index >= 15 is 0 Å². The first-order chi connectivity index (χ1) is 8.41. The van der Waals surface area contributed by atoms with Gasteiger partial charge in [0.2, 0.25) is 0 Å². The standard InChI is InChI=1S/C13H19BrN2O2/c1-3-13(18,4-2)8-16-12(17)10-6-5-9(14)7-11(10)15/h5-7,18H,3-4,8,15H2,1-2H3,(H,16,17). The van der Waals surface area contributed by atoms with Crippen molar-refractivity contribution in [2.75, 3.05) is 12.3 Å². The average molecular weight is 315 g/mol. The lowest BCUT2D eigenvalue weighted by atomic mass is 9.97. The molecule has 0 bridgehead atoms. The van der Waals surface area contributed by atoms with Crippen molar-refractivity contribution in [3.05, 3.63) is 28.2 Å². The number of halogens is 1. The highest BCUT2D eigenvalue weighted by atomic mass is 79.9. The minimum absolute atomic E-state index is 0.230. The van der Waals surface area contributed by atoms with Gasteiger partial charge in [0.15, 0.2) is 0 Å². The van der Waals surface area contributed by atoms with Crippen molar-refractivity contribution in [2.45, 2.75) is 32.3 Å². The van der Waals surface area contributed by atoms with E-state index in [4.69, 9.17) is 5.73 Å². The molecule has 0 aliphatic carbocycles. The third-order valence-corrected chi connectivity index (χ3v) is 3.65. The lowest BCUT2D eigenvalue weighted by molar-refractivity contribution is 0.0314. The molecule has 0 aliphatic heterocycles. The fourth-order valence-electron chi connectivity index (χ4n) is 1.58. The van der Waals surface area contributed by atoms with E-state index in [0.29, 0.717) is 24.1 Å². The molecule has 100 valence electrons. The normalized spacial score (nSPS) is 11.3. The van der Waals surface area contributed by atoms with E-state index in [1.807, 2.05) is 13.8 Å². The van der Waals surface area contributed by atoms with Crippen LogP contribution in [0.15, 0.2) is 22.7 Å². The molecule has 1 aromatic carbocycles. The molecule has 0 atom stereocenters. The summed E-state index contributed by atoms with van der Waals surface area (Å²) in [6, 6.07) is 5.10. The monoisotopic (exact) mass is 314 g/mol. The van der Waals surface area contributed by atoms with Crippen molar-refractivity contribution in [2.24, 2.45) is 0 Å². The zero-order chi connectivity index (χ0) is 13.8. The van der Waals surface area contributed by atoms with Gasteiger partial charge in [0.1, 0.15) is 0 Å². The van der Waals surface area contributed by atoms with Crippen molar-refractivity contribution in [1.82, 2.24) is 5.32 Å². The largest absolute Gasteiger partial charge is 0.398 e. The van der Waals surface area contributed by atoms with E-state index in [0.717, 1.165) is 4.47 Å². The molecule has 0 unspecified atom stereocenters. The van der Waals surface area contributed by atoms with Crippen LogP contribution >= 0.6 is 15.9 Å². The quantitative estimate of drug-likeness (QED) is 0.730. The van der Waals surface area contributed by atoms with Crippen molar-refractivity contribution in [3.8, 4) is 0 Å². The number of hydrogen-bond acceptors (Lipinski definition) is 3. The van der Waals surface area contributed by atoms with Crippen molar-refractivity contribution < 1.29 is 9.90 Å². The van der Waals surface area contributed by atoms with E-state index in [2.05, 4.69) is 21.2 Å². The van der Waals surface area contributed by atoms with Gasteiger partial charge in [0, 0.05) is 16.7 Å². The summed E-state index contributed by atoms with van der Waals surface area (Å²) >= 11 is 3.29. The Balaban J connectivity index is 2.71. The fourth-order valence-corrected chi connectivity index (χ4v) is 1.96. The van der Waals surface area contributed by atoms with Gasteiger partial charge in [-0.15, -0.1) is 0 Å². The Morgan fingerprint density at radius 3 is 2.56 bits per heavy atom. The maximum atomic E-state index is 11.9. The number of hydrogen-bond donors (Lipinski definition) is 3. The summed E-state index contributed by atoms with van der Waals surface area (Å²) in [7, 11) is 0. The molecule has 0 saturated heterocycles. The molecule has 0 heterocycles. The van der Waals surface area contributed by atoms with Crippen molar-refractivity contribution in [3.63, 3.8) is 0 Å². The molecular weight excluding hydrogens is 296 g/mol. The van der Waals surface area contributed by atoms with Gasteiger partial charge >= 0.3 is 0 Å². The van der Waals surface area contributed by atoms with E-state index in [1.54, 1.807) is 18.2 Å². The van der Waals surface area contributed by atoms with Crippen LogP contribution in [0.1, 0.15) is 37.0 Å². The Bertz CT molecular complexity index is 431. The molecule has 0 aromatic heterocycles. The Morgan fingerprint density at radius 2 is 2.06 bits per heavy atom. The predicted molar refractivity (Wildman–Crippen MR) is 76.4 cm³/mol.